The van der Waals surface area contributed by atoms with Crippen molar-refractivity contribution in [3.63, 3.8) is 0 Å². The van der Waals surface area contributed by atoms with Crippen LogP contribution in [0.3, 0.4) is 0 Å². The zero-order valence-electron chi connectivity index (χ0n) is 8.84. The summed E-state index contributed by atoms with van der Waals surface area (Å²) in [5.74, 6) is -0.264. The first-order chi connectivity index (χ1) is 7.74. The Balaban J connectivity index is 2.43. The molecule has 0 atom stereocenters. The molecule has 0 aliphatic heterocycles. The van der Waals surface area contributed by atoms with E-state index in [0.29, 0.717) is 16.9 Å². The van der Waals surface area contributed by atoms with Gasteiger partial charge in [-0.25, -0.2) is 9.50 Å². The molecule has 1 amide bonds. The summed E-state index contributed by atoms with van der Waals surface area (Å²) in [5.41, 5.74) is 1.60. The SMILES string of the molecule is Cc1nn2cccnc2c1C(=O)NCCO. The number of aliphatic hydroxyl groups excluding tert-OH is 1. The fourth-order valence-electron chi connectivity index (χ4n) is 1.52. The zero-order valence-corrected chi connectivity index (χ0v) is 8.84. The average Bonchev–Trinajstić information content (AvgIpc) is 2.62. The lowest BCUT2D eigenvalue weighted by atomic mass is 10.2. The van der Waals surface area contributed by atoms with Crippen LogP contribution >= 0.6 is 0 Å². The second-order valence-electron chi connectivity index (χ2n) is 3.33. The number of aliphatic hydroxyl groups is 1. The smallest absolute Gasteiger partial charge is 0.257 e. The zero-order chi connectivity index (χ0) is 11.5. The molecule has 6 nitrogen and oxygen atoms in total. The molecule has 0 aromatic carbocycles. The number of fused-ring (bicyclic) bond motifs is 1. The van der Waals surface area contributed by atoms with Gasteiger partial charge in [-0.1, -0.05) is 0 Å². The van der Waals surface area contributed by atoms with Gasteiger partial charge in [0.15, 0.2) is 5.65 Å². The third-order valence-corrected chi connectivity index (χ3v) is 2.19. The van der Waals surface area contributed by atoms with Crippen molar-refractivity contribution in [2.75, 3.05) is 13.2 Å². The fourth-order valence-corrected chi connectivity index (χ4v) is 1.52. The maximum atomic E-state index is 11.8. The molecule has 2 aromatic heterocycles. The Labute approximate surface area is 91.9 Å². The van der Waals surface area contributed by atoms with Crippen LogP contribution in [0.1, 0.15) is 16.1 Å². The van der Waals surface area contributed by atoms with Crippen molar-refractivity contribution in [3.05, 3.63) is 29.7 Å². The summed E-state index contributed by atoms with van der Waals surface area (Å²) in [7, 11) is 0. The number of hydrogen-bond acceptors (Lipinski definition) is 4. The highest BCUT2D eigenvalue weighted by Crippen LogP contribution is 2.11. The predicted octanol–water partition coefficient (Wildman–Crippen LogP) is -0.240. The number of aromatic nitrogens is 3. The van der Waals surface area contributed by atoms with Gasteiger partial charge in [0.05, 0.1) is 12.3 Å². The lowest BCUT2D eigenvalue weighted by Crippen LogP contribution is -2.26. The van der Waals surface area contributed by atoms with Crippen LogP contribution in [-0.4, -0.2) is 38.8 Å². The van der Waals surface area contributed by atoms with Crippen LogP contribution < -0.4 is 5.32 Å². The summed E-state index contributed by atoms with van der Waals surface area (Å²) in [5, 5.41) is 15.4. The molecule has 0 spiro atoms. The second-order valence-corrected chi connectivity index (χ2v) is 3.33. The van der Waals surface area contributed by atoms with Gasteiger partial charge in [-0.2, -0.15) is 5.10 Å². The van der Waals surface area contributed by atoms with E-state index in [0.717, 1.165) is 0 Å². The monoisotopic (exact) mass is 220 g/mol. The number of aryl methyl sites for hydroxylation is 1. The van der Waals surface area contributed by atoms with E-state index in [9.17, 15) is 4.79 Å². The van der Waals surface area contributed by atoms with E-state index < -0.39 is 0 Å². The van der Waals surface area contributed by atoms with Gasteiger partial charge < -0.3 is 10.4 Å². The Morgan fingerprint density at radius 3 is 3.19 bits per heavy atom. The Morgan fingerprint density at radius 2 is 2.44 bits per heavy atom. The highest BCUT2D eigenvalue weighted by atomic mass is 16.3. The topological polar surface area (TPSA) is 79.5 Å². The summed E-state index contributed by atoms with van der Waals surface area (Å²) in [6, 6.07) is 1.74. The number of amides is 1. The molecular formula is C10H12N4O2. The molecular weight excluding hydrogens is 208 g/mol. The van der Waals surface area contributed by atoms with E-state index in [1.54, 1.807) is 29.9 Å². The van der Waals surface area contributed by atoms with Gasteiger partial charge >= 0.3 is 0 Å². The number of nitrogens with one attached hydrogen (secondary N) is 1. The van der Waals surface area contributed by atoms with Gasteiger partial charge in [0.1, 0.15) is 5.56 Å². The van der Waals surface area contributed by atoms with Crippen molar-refractivity contribution in [2.24, 2.45) is 0 Å². The van der Waals surface area contributed by atoms with Gasteiger partial charge in [0.25, 0.3) is 5.91 Å². The highest BCUT2D eigenvalue weighted by Gasteiger charge is 2.17. The van der Waals surface area contributed by atoms with Crippen LogP contribution in [0.15, 0.2) is 18.5 Å². The third kappa shape index (κ3) is 1.74. The van der Waals surface area contributed by atoms with Gasteiger partial charge in [0.2, 0.25) is 0 Å². The van der Waals surface area contributed by atoms with E-state index in [4.69, 9.17) is 5.11 Å². The predicted molar refractivity (Wildman–Crippen MR) is 57.1 cm³/mol. The van der Waals surface area contributed by atoms with Gasteiger partial charge in [-0.3, -0.25) is 4.79 Å². The summed E-state index contributed by atoms with van der Waals surface area (Å²) in [4.78, 5) is 15.9. The van der Waals surface area contributed by atoms with Crippen molar-refractivity contribution in [2.45, 2.75) is 6.92 Å². The molecule has 0 bridgehead atoms. The number of rotatable bonds is 3. The van der Waals surface area contributed by atoms with Crippen molar-refractivity contribution < 1.29 is 9.90 Å². The molecule has 0 aliphatic carbocycles. The van der Waals surface area contributed by atoms with Crippen molar-refractivity contribution in [3.8, 4) is 0 Å². The van der Waals surface area contributed by atoms with E-state index in [1.807, 2.05) is 0 Å². The molecule has 0 saturated heterocycles. The summed E-state index contributed by atoms with van der Waals surface area (Å²) in [6.07, 6.45) is 3.34. The quantitative estimate of drug-likeness (QED) is 0.748. The number of hydrogen-bond donors (Lipinski definition) is 2. The molecule has 0 aliphatic rings. The van der Waals surface area contributed by atoms with E-state index in [-0.39, 0.29) is 19.1 Å². The Bertz CT molecular complexity index is 521. The van der Waals surface area contributed by atoms with Crippen LogP contribution in [0, 0.1) is 6.92 Å². The van der Waals surface area contributed by atoms with E-state index in [1.165, 1.54) is 0 Å². The molecule has 2 heterocycles. The molecule has 6 heteroatoms. The normalized spacial score (nSPS) is 10.6. The van der Waals surface area contributed by atoms with Crippen molar-refractivity contribution in [1.29, 1.82) is 0 Å². The van der Waals surface area contributed by atoms with E-state index >= 15 is 0 Å². The largest absolute Gasteiger partial charge is 0.395 e. The van der Waals surface area contributed by atoms with Gasteiger partial charge in [-0.05, 0) is 13.0 Å². The van der Waals surface area contributed by atoms with Crippen molar-refractivity contribution in [1.82, 2.24) is 19.9 Å². The molecule has 16 heavy (non-hydrogen) atoms. The van der Waals surface area contributed by atoms with Gasteiger partial charge in [-0.15, -0.1) is 0 Å². The molecule has 2 aromatic rings. The first-order valence-electron chi connectivity index (χ1n) is 4.93. The molecule has 0 saturated carbocycles. The number of carbonyl (C=O) groups is 1. The molecule has 2 rings (SSSR count). The summed E-state index contributed by atoms with van der Waals surface area (Å²) < 4.78 is 1.56. The summed E-state index contributed by atoms with van der Waals surface area (Å²) in [6.45, 7) is 1.89. The van der Waals surface area contributed by atoms with Crippen LogP contribution in [-0.2, 0) is 0 Å². The fraction of sp³-hybridized carbons (Fsp3) is 0.300. The lowest BCUT2D eigenvalue weighted by Gasteiger charge is -2.01. The maximum Gasteiger partial charge on any atom is 0.257 e. The van der Waals surface area contributed by atoms with Crippen LogP contribution in [0.25, 0.3) is 5.65 Å². The first-order valence-corrected chi connectivity index (χ1v) is 4.93. The van der Waals surface area contributed by atoms with Crippen LogP contribution in [0.4, 0.5) is 0 Å². The number of carbonyl (C=O) groups excluding carboxylic acids is 1. The van der Waals surface area contributed by atoms with Crippen LogP contribution in [0.2, 0.25) is 0 Å². The standard InChI is InChI=1S/C10H12N4O2/c1-7-8(10(16)12-4-6-15)9-11-3-2-5-14(9)13-7/h2-3,5,15H,4,6H2,1H3,(H,12,16). The highest BCUT2D eigenvalue weighted by molar-refractivity contribution is 6.00. The molecule has 0 radical (unpaired) electrons. The van der Waals surface area contributed by atoms with Crippen molar-refractivity contribution >= 4 is 11.6 Å². The Kier molecular flexibility index (Phi) is 2.82. The molecule has 0 fully saturated rings. The minimum absolute atomic E-state index is 0.0859. The lowest BCUT2D eigenvalue weighted by molar-refractivity contribution is 0.0945. The second kappa shape index (κ2) is 4.28. The van der Waals surface area contributed by atoms with Crippen LogP contribution in [0.5, 0.6) is 0 Å². The Hall–Kier alpha value is -1.95. The van der Waals surface area contributed by atoms with Gasteiger partial charge in [0, 0.05) is 18.9 Å². The minimum Gasteiger partial charge on any atom is -0.395 e. The average molecular weight is 220 g/mol. The number of nitrogens with zero attached hydrogens (tertiary/aromatic N) is 3. The third-order valence-electron chi connectivity index (χ3n) is 2.19. The molecule has 84 valence electrons. The van der Waals surface area contributed by atoms with E-state index in [2.05, 4.69) is 15.4 Å². The molecule has 0 unspecified atom stereocenters. The maximum absolute atomic E-state index is 11.8. The summed E-state index contributed by atoms with van der Waals surface area (Å²) >= 11 is 0. The molecule has 2 N–H and O–H groups in total. The Morgan fingerprint density at radius 1 is 1.62 bits per heavy atom. The first kappa shape index (κ1) is 10.6. The minimum atomic E-state index is -0.264.